The number of hydrogen-bond donors (Lipinski definition) is 1. The Bertz CT molecular complexity index is 506. The van der Waals surface area contributed by atoms with Crippen molar-refractivity contribution in [2.75, 3.05) is 32.1 Å². The predicted molar refractivity (Wildman–Crippen MR) is 85.2 cm³/mol. The summed E-state index contributed by atoms with van der Waals surface area (Å²) in [6.07, 6.45) is 3.62. The Morgan fingerprint density at radius 1 is 1.32 bits per heavy atom. The van der Waals surface area contributed by atoms with Gasteiger partial charge in [0.05, 0.1) is 7.11 Å². The highest BCUT2D eigenvalue weighted by molar-refractivity contribution is 5.81. The Kier molecular flexibility index (Phi) is 4.83. The normalized spacial score (nSPS) is 22.6. The van der Waals surface area contributed by atoms with Gasteiger partial charge in [0.2, 0.25) is 0 Å². The van der Waals surface area contributed by atoms with Crippen molar-refractivity contribution in [3.8, 4) is 5.75 Å². The van der Waals surface area contributed by atoms with Gasteiger partial charge in [-0.05, 0) is 37.8 Å². The van der Waals surface area contributed by atoms with E-state index in [9.17, 15) is 4.79 Å². The number of likely N-dealkylation sites (tertiary alicyclic amines) is 1. The second kappa shape index (κ2) is 7.01. The Balaban J connectivity index is 1.49. The van der Waals surface area contributed by atoms with Crippen LogP contribution in [0.5, 0.6) is 5.75 Å². The molecule has 2 saturated heterocycles. The van der Waals surface area contributed by atoms with Gasteiger partial charge in [0, 0.05) is 37.5 Å². The smallest absolute Gasteiger partial charge is 0.251 e. The molecule has 0 aliphatic carbocycles. The van der Waals surface area contributed by atoms with Gasteiger partial charge < -0.3 is 19.7 Å². The van der Waals surface area contributed by atoms with Crippen molar-refractivity contribution in [3.05, 3.63) is 24.3 Å². The second-order valence-corrected chi connectivity index (χ2v) is 5.98. The van der Waals surface area contributed by atoms with E-state index in [1.54, 1.807) is 7.11 Å². The van der Waals surface area contributed by atoms with Crippen molar-refractivity contribution in [1.29, 1.82) is 0 Å². The lowest BCUT2D eigenvalue weighted by Gasteiger charge is -2.34. The minimum absolute atomic E-state index is 0.178. The van der Waals surface area contributed by atoms with Crippen LogP contribution >= 0.6 is 0 Å². The lowest BCUT2D eigenvalue weighted by molar-refractivity contribution is -0.141. The van der Waals surface area contributed by atoms with Crippen LogP contribution in [0.4, 0.5) is 5.69 Å². The van der Waals surface area contributed by atoms with Crippen LogP contribution in [0.2, 0.25) is 0 Å². The van der Waals surface area contributed by atoms with E-state index in [4.69, 9.17) is 9.47 Å². The highest BCUT2D eigenvalue weighted by atomic mass is 16.5. The van der Waals surface area contributed by atoms with Crippen molar-refractivity contribution in [1.82, 2.24) is 4.90 Å². The number of hydrogen-bond acceptors (Lipinski definition) is 4. The average molecular weight is 304 g/mol. The lowest BCUT2D eigenvalue weighted by Crippen LogP contribution is -2.46. The maximum atomic E-state index is 12.3. The monoisotopic (exact) mass is 304 g/mol. The largest absolute Gasteiger partial charge is 0.497 e. The van der Waals surface area contributed by atoms with Crippen LogP contribution in [0.15, 0.2) is 24.3 Å². The van der Waals surface area contributed by atoms with E-state index in [1.807, 2.05) is 29.2 Å². The summed E-state index contributed by atoms with van der Waals surface area (Å²) in [6.45, 7) is 2.34. The Hall–Kier alpha value is -1.75. The molecule has 2 heterocycles. The molecule has 22 heavy (non-hydrogen) atoms. The summed E-state index contributed by atoms with van der Waals surface area (Å²) in [5, 5.41) is 3.54. The minimum atomic E-state index is -0.192. The number of nitrogens with zero attached hydrogens (tertiary/aromatic N) is 1. The van der Waals surface area contributed by atoms with E-state index in [-0.39, 0.29) is 12.0 Å². The Morgan fingerprint density at radius 3 is 2.82 bits per heavy atom. The number of carbonyl (C=O) groups excluding carboxylic acids is 1. The molecule has 1 unspecified atom stereocenters. The van der Waals surface area contributed by atoms with Crippen molar-refractivity contribution in [3.63, 3.8) is 0 Å². The molecule has 120 valence electrons. The van der Waals surface area contributed by atoms with Gasteiger partial charge in [0.1, 0.15) is 11.9 Å². The van der Waals surface area contributed by atoms with E-state index in [0.717, 1.165) is 56.8 Å². The third-order valence-corrected chi connectivity index (χ3v) is 4.45. The molecule has 0 radical (unpaired) electrons. The molecule has 1 N–H and O–H groups in total. The highest BCUT2D eigenvalue weighted by Gasteiger charge is 2.30. The first-order valence-corrected chi connectivity index (χ1v) is 8.07. The molecule has 0 aromatic heterocycles. The van der Waals surface area contributed by atoms with Crippen LogP contribution in [0.1, 0.15) is 25.7 Å². The van der Waals surface area contributed by atoms with Gasteiger partial charge in [-0.2, -0.15) is 0 Å². The molecule has 2 aliphatic heterocycles. The standard InChI is InChI=1S/C17H24N2O3/c1-21-15-5-2-4-14(12-15)18-13-7-9-19(10-8-13)17(20)16-6-3-11-22-16/h2,4-5,12-13,16,18H,3,6-11H2,1H3. The van der Waals surface area contributed by atoms with Crippen LogP contribution in [0, 0.1) is 0 Å². The minimum Gasteiger partial charge on any atom is -0.497 e. The molecule has 0 bridgehead atoms. The molecule has 0 spiro atoms. The number of rotatable bonds is 4. The van der Waals surface area contributed by atoms with Gasteiger partial charge in [-0.1, -0.05) is 6.07 Å². The molecular formula is C17H24N2O3. The summed E-state index contributed by atoms with van der Waals surface area (Å²) in [6, 6.07) is 8.38. The fourth-order valence-electron chi connectivity index (χ4n) is 3.17. The summed E-state index contributed by atoms with van der Waals surface area (Å²) in [5.41, 5.74) is 1.07. The summed E-state index contributed by atoms with van der Waals surface area (Å²) >= 11 is 0. The molecule has 1 aromatic carbocycles. The van der Waals surface area contributed by atoms with Crippen LogP contribution in [-0.2, 0) is 9.53 Å². The van der Waals surface area contributed by atoms with Crippen LogP contribution < -0.4 is 10.1 Å². The first-order chi connectivity index (χ1) is 10.8. The summed E-state index contributed by atoms with van der Waals surface area (Å²) in [7, 11) is 1.67. The zero-order chi connectivity index (χ0) is 15.4. The molecule has 2 fully saturated rings. The zero-order valence-corrected chi connectivity index (χ0v) is 13.1. The highest BCUT2D eigenvalue weighted by Crippen LogP contribution is 2.22. The zero-order valence-electron chi connectivity index (χ0n) is 13.1. The molecule has 3 rings (SSSR count). The SMILES string of the molecule is COc1cccc(NC2CCN(C(=O)C3CCCO3)CC2)c1. The second-order valence-electron chi connectivity index (χ2n) is 5.98. The van der Waals surface area contributed by atoms with Crippen LogP contribution in [0.25, 0.3) is 0 Å². The maximum absolute atomic E-state index is 12.3. The first kappa shape index (κ1) is 15.2. The fourth-order valence-corrected chi connectivity index (χ4v) is 3.17. The lowest BCUT2D eigenvalue weighted by atomic mass is 10.0. The average Bonchev–Trinajstić information content (AvgIpc) is 3.09. The quantitative estimate of drug-likeness (QED) is 0.927. The number of carbonyl (C=O) groups is 1. The fraction of sp³-hybridized carbons (Fsp3) is 0.588. The van der Waals surface area contributed by atoms with Crippen LogP contribution in [-0.4, -0.2) is 49.8 Å². The number of methoxy groups -OCH3 is 1. The van der Waals surface area contributed by atoms with Gasteiger partial charge in [-0.25, -0.2) is 0 Å². The molecule has 1 aromatic rings. The van der Waals surface area contributed by atoms with Crippen molar-refractivity contribution in [2.45, 2.75) is 37.8 Å². The first-order valence-electron chi connectivity index (χ1n) is 8.07. The maximum Gasteiger partial charge on any atom is 0.251 e. The molecular weight excluding hydrogens is 280 g/mol. The molecule has 5 heteroatoms. The number of ether oxygens (including phenoxy) is 2. The van der Waals surface area contributed by atoms with E-state index in [2.05, 4.69) is 5.32 Å². The predicted octanol–water partition coefficient (Wildman–Crippen LogP) is 2.28. The number of benzene rings is 1. The molecule has 2 aliphatic rings. The summed E-state index contributed by atoms with van der Waals surface area (Å²) in [4.78, 5) is 14.3. The number of anilines is 1. The van der Waals surface area contributed by atoms with Gasteiger partial charge >= 0.3 is 0 Å². The van der Waals surface area contributed by atoms with E-state index < -0.39 is 0 Å². The van der Waals surface area contributed by atoms with Crippen molar-refractivity contribution in [2.24, 2.45) is 0 Å². The van der Waals surface area contributed by atoms with Gasteiger partial charge in [-0.15, -0.1) is 0 Å². The topological polar surface area (TPSA) is 50.8 Å². The van der Waals surface area contributed by atoms with E-state index in [1.165, 1.54) is 0 Å². The Morgan fingerprint density at radius 2 is 2.14 bits per heavy atom. The Labute approximate surface area is 131 Å². The summed E-state index contributed by atoms with van der Waals surface area (Å²) < 4.78 is 10.7. The van der Waals surface area contributed by atoms with E-state index >= 15 is 0 Å². The van der Waals surface area contributed by atoms with E-state index in [0.29, 0.717) is 6.04 Å². The van der Waals surface area contributed by atoms with Crippen LogP contribution in [0.3, 0.4) is 0 Å². The number of nitrogens with one attached hydrogen (secondary N) is 1. The third kappa shape index (κ3) is 3.53. The van der Waals surface area contributed by atoms with Gasteiger partial charge in [0.15, 0.2) is 0 Å². The van der Waals surface area contributed by atoms with Crippen molar-refractivity contribution < 1.29 is 14.3 Å². The van der Waals surface area contributed by atoms with Gasteiger partial charge in [-0.3, -0.25) is 4.79 Å². The van der Waals surface area contributed by atoms with Gasteiger partial charge in [0.25, 0.3) is 5.91 Å². The molecule has 5 nitrogen and oxygen atoms in total. The van der Waals surface area contributed by atoms with Crippen molar-refractivity contribution >= 4 is 11.6 Å². The molecule has 1 atom stereocenters. The molecule has 0 saturated carbocycles. The number of piperidine rings is 1. The summed E-state index contributed by atoms with van der Waals surface area (Å²) in [5.74, 6) is 1.04. The third-order valence-electron chi connectivity index (χ3n) is 4.45. The molecule has 1 amide bonds. The number of amides is 1.